The molecule has 4 heterocycles. The van der Waals surface area contributed by atoms with Crippen molar-refractivity contribution in [3.63, 3.8) is 0 Å². The Balaban J connectivity index is 0.000000187. The second-order valence-corrected chi connectivity index (χ2v) is 19.0. The minimum absolute atomic E-state index is 0. The van der Waals surface area contributed by atoms with Gasteiger partial charge in [0.2, 0.25) is 5.71 Å². The maximum Gasteiger partial charge on any atom is 0.216 e. The number of aromatic nitrogens is 3. The molecule has 0 bridgehead atoms. The number of benzene rings is 3. The van der Waals surface area contributed by atoms with E-state index in [-0.39, 0.29) is 20.1 Å². The molecule has 3 aromatic carbocycles. The quantitative estimate of drug-likeness (QED) is 0.119. The van der Waals surface area contributed by atoms with E-state index < -0.39 is 8.07 Å². The number of hydrogen-bond donors (Lipinski definition) is 0. The van der Waals surface area contributed by atoms with E-state index in [4.69, 9.17) is 9.40 Å². The van der Waals surface area contributed by atoms with Crippen molar-refractivity contribution in [1.82, 2.24) is 15.0 Å². The van der Waals surface area contributed by atoms with E-state index in [1.807, 2.05) is 49.5 Å². The zero-order valence-corrected chi connectivity index (χ0v) is 32.7. The van der Waals surface area contributed by atoms with Crippen molar-refractivity contribution in [3.05, 3.63) is 144 Å². The van der Waals surface area contributed by atoms with Gasteiger partial charge in [0, 0.05) is 49.5 Å². The number of nitrogens with zero attached hydrogens (tertiary/aromatic N) is 3. The summed E-state index contributed by atoms with van der Waals surface area (Å²) in [6, 6.07) is 39.9. The van der Waals surface area contributed by atoms with Gasteiger partial charge in [-0.1, -0.05) is 99.4 Å². The Bertz CT molecular complexity index is 2150. The van der Waals surface area contributed by atoms with Crippen LogP contribution in [0.5, 0.6) is 0 Å². The van der Waals surface area contributed by atoms with Gasteiger partial charge in [-0.25, -0.2) is 4.98 Å². The van der Waals surface area contributed by atoms with Gasteiger partial charge < -0.3 is 14.4 Å². The summed E-state index contributed by atoms with van der Waals surface area (Å²) in [5, 5.41) is 3.53. The van der Waals surface area contributed by atoms with Gasteiger partial charge in [0.1, 0.15) is 0 Å². The minimum Gasteiger partial charge on any atom is -0.486 e. The molecule has 251 valence electrons. The van der Waals surface area contributed by atoms with Crippen LogP contribution in [-0.2, 0) is 26.5 Å². The van der Waals surface area contributed by atoms with Crippen LogP contribution in [0.25, 0.3) is 44.6 Å². The van der Waals surface area contributed by atoms with Crippen LogP contribution >= 0.6 is 0 Å². The van der Waals surface area contributed by atoms with Crippen molar-refractivity contribution >= 4 is 35.3 Å². The Morgan fingerprint density at radius 3 is 2.27 bits per heavy atom. The van der Waals surface area contributed by atoms with Gasteiger partial charge in [0.05, 0.1) is 13.7 Å². The molecule has 0 N–H and O–H groups in total. The average Bonchev–Trinajstić information content (AvgIpc) is 3.46. The second kappa shape index (κ2) is 15.5. The number of aryl methyl sites for hydroxylation is 1. The third-order valence-electron chi connectivity index (χ3n) is 8.66. The SMILES string of the molecule is CC(c1ccccc1)c1cc(-c2[c-]cccc2)ncc1[Si](C)(C)C.Cc1ccc2c(n1)oc1c(-c3cc(CC(C)C)ccn3)[c-]ccc12.[Ir]. The fourth-order valence-corrected chi connectivity index (χ4v) is 7.80. The number of hydrogen-bond acceptors (Lipinski definition) is 4. The van der Waals surface area contributed by atoms with E-state index in [9.17, 15) is 0 Å². The Morgan fingerprint density at radius 2 is 1.55 bits per heavy atom. The van der Waals surface area contributed by atoms with Crippen LogP contribution in [0.3, 0.4) is 0 Å². The first-order valence-corrected chi connectivity index (χ1v) is 20.3. The predicted octanol–water partition coefficient (Wildman–Crippen LogP) is 10.6. The van der Waals surface area contributed by atoms with Crippen LogP contribution < -0.4 is 5.19 Å². The molecular formula is C43H43IrN3OSi-2. The first-order chi connectivity index (χ1) is 23.1. The maximum atomic E-state index is 6.06. The van der Waals surface area contributed by atoms with E-state index >= 15 is 0 Å². The third kappa shape index (κ3) is 8.33. The Hall–Kier alpha value is -4.22. The van der Waals surface area contributed by atoms with Crippen molar-refractivity contribution < 1.29 is 24.5 Å². The van der Waals surface area contributed by atoms with Crippen molar-refractivity contribution in [2.75, 3.05) is 0 Å². The molecule has 0 amide bonds. The molecule has 0 fully saturated rings. The maximum absolute atomic E-state index is 6.06. The summed E-state index contributed by atoms with van der Waals surface area (Å²) in [5.74, 6) is 0.969. The van der Waals surface area contributed by atoms with Crippen LogP contribution in [-0.4, -0.2) is 23.0 Å². The Kier molecular flexibility index (Phi) is 11.4. The van der Waals surface area contributed by atoms with Gasteiger partial charge in [-0.05, 0) is 65.2 Å². The Labute approximate surface area is 305 Å². The summed E-state index contributed by atoms with van der Waals surface area (Å²) in [4.78, 5) is 13.8. The molecule has 4 nitrogen and oxygen atoms in total. The molecular weight excluding hydrogens is 795 g/mol. The zero-order valence-electron chi connectivity index (χ0n) is 29.3. The van der Waals surface area contributed by atoms with Crippen LogP contribution in [0.15, 0.2) is 114 Å². The minimum atomic E-state index is -1.47. The van der Waals surface area contributed by atoms with Crippen molar-refractivity contribution in [2.24, 2.45) is 5.92 Å². The van der Waals surface area contributed by atoms with Gasteiger partial charge in [-0.15, -0.1) is 54.1 Å². The molecule has 0 aliphatic carbocycles. The summed E-state index contributed by atoms with van der Waals surface area (Å²) < 4.78 is 6.06. The van der Waals surface area contributed by atoms with Gasteiger partial charge in [-0.3, -0.25) is 0 Å². The smallest absolute Gasteiger partial charge is 0.216 e. The molecule has 4 aromatic heterocycles. The molecule has 0 spiro atoms. The molecule has 6 heteroatoms. The van der Waals surface area contributed by atoms with Crippen LogP contribution in [0.2, 0.25) is 19.6 Å². The van der Waals surface area contributed by atoms with Gasteiger partial charge >= 0.3 is 0 Å². The first-order valence-electron chi connectivity index (χ1n) is 16.8. The average molecular weight is 838 g/mol. The molecule has 7 aromatic rings. The number of fused-ring (bicyclic) bond motifs is 3. The number of pyridine rings is 3. The van der Waals surface area contributed by atoms with E-state index in [0.29, 0.717) is 17.5 Å². The molecule has 7 rings (SSSR count). The standard InChI is InChI=1S/C22H24NSi.C21H19N2O.Ir/c1-17(18-11-7-5-8-12-18)20-15-21(19-13-9-6-10-14-19)23-16-22(20)24(2,3)4;1-13(2)11-15-9-10-22-19(12-15)18-6-4-5-16-17-8-7-14(3)23-21(17)24-20(16)18;/h5-13,15-17H,1-4H3;4-5,7-10,12-13H,11H2,1-3H3;/q2*-1;. The van der Waals surface area contributed by atoms with E-state index in [0.717, 1.165) is 51.0 Å². The second-order valence-electron chi connectivity index (χ2n) is 14.0. The van der Waals surface area contributed by atoms with Gasteiger partial charge in [0.25, 0.3) is 0 Å². The first kappa shape index (κ1) is 36.1. The van der Waals surface area contributed by atoms with Crippen LogP contribution in [0, 0.1) is 25.0 Å². The van der Waals surface area contributed by atoms with Gasteiger partial charge in [-0.2, -0.15) is 0 Å². The normalized spacial score (nSPS) is 12.0. The number of furan rings is 1. The van der Waals surface area contributed by atoms with Crippen molar-refractivity contribution in [3.8, 4) is 22.5 Å². The fraction of sp³-hybridized carbons (Fsp3) is 0.233. The molecule has 0 saturated heterocycles. The van der Waals surface area contributed by atoms with E-state index in [1.165, 1.54) is 21.9 Å². The van der Waals surface area contributed by atoms with Crippen LogP contribution in [0.4, 0.5) is 0 Å². The van der Waals surface area contributed by atoms with Crippen LogP contribution in [0.1, 0.15) is 49.1 Å². The molecule has 1 unspecified atom stereocenters. The molecule has 1 radical (unpaired) electrons. The summed E-state index contributed by atoms with van der Waals surface area (Å²) >= 11 is 0. The molecule has 49 heavy (non-hydrogen) atoms. The fourth-order valence-electron chi connectivity index (χ4n) is 6.19. The van der Waals surface area contributed by atoms with Crippen molar-refractivity contribution in [2.45, 2.75) is 59.7 Å². The van der Waals surface area contributed by atoms with E-state index in [1.54, 1.807) is 0 Å². The monoisotopic (exact) mass is 838 g/mol. The number of rotatable bonds is 7. The zero-order chi connectivity index (χ0) is 33.8. The van der Waals surface area contributed by atoms with E-state index in [2.05, 4.69) is 129 Å². The summed E-state index contributed by atoms with van der Waals surface area (Å²) in [6.45, 7) is 15.9. The molecule has 0 saturated carbocycles. The topological polar surface area (TPSA) is 51.8 Å². The summed E-state index contributed by atoms with van der Waals surface area (Å²) in [7, 11) is -1.47. The largest absolute Gasteiger partial charge is 0.486 e. The third-order valence-corrected chi connectivity index (χ3v) is 10.7. The van der Waals surface area contributed by atoms with Crippen molar-refractivity contribution in [1.29, 1.82) is 0 Å². The summed E-state index contributed by atoms with van der Waals surface area (Å²) in [5.41, 5.74) is 10.3. The Morgan fingerprint density at radius 1 is 0.776 bits per heavy atom. The van der Waals surface area contributed by atoms with Gasteiger partial charge in [0.15, 0.2) is 0 Å². The molecule has 1 atom stereocenters. The molecule has 0 aliphatic rings. The molecule has 0 aliphatic heterocycles. The summed E-state index contributed by atoms with van der Waals surface area (Å²) in [6.07, 6.45) is 5.01. The predicted molar refractivity (Wildman–Crippen MR) is 202 cm³/mol.